The molecule has 4 heteroatoms. The molecule has 78 valence electrons. The SMILES string of the molecule is N[C@H](CO)c1ccccc1-c1cn[nH]c1. The van der Waals surface area contributed by atoms with Gasteiger partial charge in [-0.15, -0.1) is 0 Å². The van der Waals surface area contributed by atoms with E-state index in [1.54, 1.807) is 6.20 Å². The topological polar surface area (TPSA) is 74.9 Å². The molecule has 0 saturated heterocycles. The van der Waals surface area contributed by atoms with Crippen molar-refractivity contribution in [2.75, 3.05) is 6.61 Å². The highest BCUT2D eigenvalue weighted by molar-refractivity contribution is 5.66. The maximum atomic E-state index is 9.06. The van der Waals surface area contributed by atoms with Gasteiger partial charge < -0.3 is 10.8 Å². The zero-order valence-electron chi connectivity index (χ0n) is 8.22. The first kappa shape index (κ1) is 9.89. The van der Waals surface area contributed by atoms with Crippen molar-refractivity contribution in [1.29, 1.82) is 0 Å². The zero-order valence-corrected chi connectivity index (χ0v) is 8.22. The number of nitrogens with one attached hydrogen (secondary N) is 1. The number of hydrogen-bond acceptors (Lipinski definition) is 3. The molecule has 0 saturated carbocycles. The van der Waals surface area contributed by atoms with Crippen LogP contribution in [-0.4, -0.2) is 21.9 Å². The number of nitrogens with zero attached hydrogens (tertiary/aromatic N) is 1. The molecule has 0 spiro atoms. The van der Waals surface area contributed by atoms with E-state index in [0.29, 0.717) is 0 Å². The summed E-state index contributed by atoms with van der Waals surface area (Å²) in [4.78, 5) is 0. The van der Waals surface area contributed by atoms with Crippen LogP contribution in [0.1, 0.15) is 11.6 Å². The van der Waals surface area contributed by atoms with Gasteiger partial charge in [0, 0.05) is 11.8 Å². The first-order valence-corrected chi connectivity index (χ1v) is 4.77. The molecule has 0 unspecified atom stereocenters. The van der Waals surface area contributed by atoms with E-state index >= 15 is 0 Å². The van der Waals surface area contributed by atoms with Gasteiger partial charge in [-0.05, 0) is 11.1 Å². The fourth-order valence-electron chi connectivity index (χ4n) is 1.58. The Kier molecular flexibility index (Phi) is 2.80. The highest BCUT2D eigenvalue weighted by atomic mass is 16.3. The minimum absolute atomic E-state index is 0.0607. The van der Waals surface area contributed by atoms with E-state index < -0.39 is 0 Å². The third-order valence-corrected chi connectivity index (χ3v) is 2.37. The average molecular weight is 203 g/mol. The summed E-state index contributed by atoms with van der Waals surface area (Å²) in [7, 11) is 0. The Morgan fingerprint density at radius 3 is 2.87 bits per heavy atom. The van der Waals surface area contributed by atoms with Crippen LogP contribution < -0.4 is 5.73 Å². The molecule has 2 rings (SSSR count). The molecule has 1 atom stereocenters. The Labute approximate surface area is 87.7 Å². The minimum Gasteiger partial charge on any atom is -0.394 e. The van der Waals surface area contributed by atoms with Crippen molar-refractivity contribution in [2.45, 2.75) is 6.04 Å². The summed E-state index contributed by atoms with van der Waals surface area (Å²) in [5.41, 5.74) is 8.74. The first-order valence-electron chi connectivity index (χ1n) is 4.77. The second kappa shape index (κ2) is 4.25. The summed E-state index contributed by atoms with van der Waals surface area (Å²) in [6, 6.07) is 7.39. The summed E-state index contributed by atoms with van der Waals surface area (Å²) >= 11 is 0. The molecule has 0 amide bonds. The molecular weight excluding hydrogens is 190 g/mol. The van der Waals surface area contributed by atoms with Crippen LogP contribution in [0, 0.1) is 0 Å². The highest BCUT2D eigenvalue weighted by Gasteiger charge is 2.11. The summed E-state index contributed by atoms with van der Waals surface area (Å²) in [6.45, 7) is -0.0607. The number of nitrogens with two attached hydrogens (primary N) is 1. The zero-order chi connectivity index (χ0) is 10.7. The molecule has 0 aliphatic carbocycles. The Bertz CT molecular complexity index is 425. The standard InChI is InChI=1S/C11H13N3O/c12-11(7-15)10-4-2-1-3-9(10)8-5-13-14-6-8/h1-6,11,15H,7,12H2,(H,13,14)/t11-/m1/s1. The van der Waals surface area contributed by atoms with Crippen molar-refractivity contribution in [3.05, 3.63) is 42.2 Å². The maximum absolute atomic E-state index is 9.06. The van der Waals surface area contributed by atoms with E-state index in [4.69, 9.17) is 10.8 Å². The van der Waals surface area contributed by atoms with E-state index in [0.717, 1.165) is 16.7 Å². The van der Waals surface area contributed by atoms with Gasteiger partial charge in [0.25, 0.3) is 0 Å². The van der Waals surface area contributed by atoms with Crippen molar-refractivity contribution in [3.8, 4) is 11.1 Å². The van der Waals surface area contributed by atoms with Crippen molar-refractivity contribution in [1.82, 2.24) is 10.2 Å². The molecule has 0 aliphatic heterocycles. The van der Waals surface area contributed by atoms with Crippen molar-refractivity contribution >= 4 is 0 Å². The van der Waals surface area contributed by atoms with Crippen LogP contribution >= 0.6 is 0 Å². The Morgan fingerprint density at radius 1 is 1.40 bits per heavy atom. The lowest BCUT2D eigenvalue weighted by molar-refractivity contribution is 0.268. The number of rotatable bonds is 3. The lowest BCUT2D eigenvalue weighted by atomic mass is 9.98. The smallest absolute Gasteiger partial charge is 0.0624 e. The van der Waals surface area contributed by atoms with Crippen LogP contribution in [0.15, 0.2) is 36.7 Å². The summed E-state index contributed by atoms with van der Waals surface area (Å²) in [6.07, 6.45) is 3.55. The van der Waals surface area contributed by atoms with E-state index in [2.05, 4.69) is 10.2 Å². The lowest BCUT2D eigenvalue weighted by Gasteiger charge is -2.12. The van der Waals surface area contributed by atoms with E-state index in [1.165, 1.54) is 0 Å². The van der Waals surface area contributed by atoms with Gasteiger partial charge in [-0.2, -0.15) is 5.10 Å². The molecule has 15 heavy (non-hydrogen) atoms. The minimum atomic E-state index is -0.351. The molecule has 4 nitrogen and oxygen atoms in total. The molecule has 4 N–H and O–H groups in total. The predicted molar refractivity (Wildman–Crippen MR) is 58.0 cm³/mol. The second-order valence-electron chi connectivity index (χ2n) is 3.36. The highest BCUT2D eigenvalue weighted by Crippen LogP contribution is 2.25. The largest absolute Gasteiger partial charge is 0.394 e. The third kappa shape index (κ3) is 1.91. The van der Waals surface area contributed by atoms with Crippen molar-refractivity contribution < 1.29 is 5.11 Å². The fourth-order valence-corrected chi connectivity index (χ4v) is 1.58. The summed E-state index contributed by atoms with van der Waals surface area (Å²) in [5, 5.41) is 15.7. The summed E-state index contributed by atoms with van der Waals surface area (Å²) < 4.78 is 0. The normalized spacial score (nSPS) is 12.7. The number of aliphatic hydroxyl groups excluding tert-OH is 1. The molecular formula is C11H13N3O. The Morgan fingerprint density at radius 2 is 2.20 bits per heavy atom. The third-order valence-electron chi connectivity index (χ3n) is 2.37. The molecule has 0 aliphatic rings. The van der Waals surface area contributed by atoms with Crippen LogP contribution in [0.5, 0.6) is 0 Å². The average Bonchev–Trinajstić information content (AvgIpc) is 2.81. The number of benzene rings is 1. The number of aromatic nitrogens is 2. The monoisotopic (exact) mass is 203 g/mol. The van der Waals surface area contributed by atoms with Crippen LogP contribution in [0.25, 0.3) is 11.1 Å². The van der Waals surface area contributed by atoms with Crippen LogP contribution in [0.3, 0.4) is 0 Å². The predicted octanol–water partition coefficient (Wildman–Crippen LogP) is 1.07. The molecule has 0 fully saturated rings. The molecule has 1 aromatic carbocycles. The molecule has 1 aromatic heterocycles. The van der Waals surface area contributed by atoms with Gasteiger partial charge in [-0.3, -0.25) is 5.10 Å². The Hall–Kier alpha value is -1.65. The number of H-pyrrole nitrogens is 1. The van der Waals surface area contributed by atoms with Gasteiger partial charge in [-0.25, -0.2) is 0 Å². The Balaban J connectivity index is 2.47. The maximum Gasteiger partial charge on any atom is 0.0624 e. The van der Waals surface area contributed by atoms with Crippen LogP contribution in [-0.2, 0) is 0 Å². The number of hydrogen-bond donors (Lipinski definition) is 3. The summed E-state index contributed by atoms with van der Waals surface area (Å²) in [5.74, 6) is 0. The number of aliphatic hydroxyl groups is 1. The first-order chi connectivity index (χ1) is 7.33. The van der Waals surface area contributed by atoms with E-state index in [9.17, 15) is 0 Å². The molecule has 2 aromatic rings. The van der Waals surface area contributed by atoms with Crippen molar-refractivity contribution in [3.63, 3.8) is 0 Å². The van der Waals surface area contributed by atoms with Crippen LogP contribution in [0.2, 0.25) is 0 Å². The van der Waals surface area contributed by atoms with Gasteiger partial charge >= 0.3 is 0 Å². The van der Waals surface area contributed by atoms with Gasteiger partial charge in [0.2, 0.25) is 0 Å². The van der Waals surface area contributed by atoms with Gasteiger partial charge in [-0.1, -0.05) is 24.3 Å². The van der Waals surface area contributed by atoms with Gasteiger partial charge in [0.1, 0.15) is 0 Å². The lowest BCUT2D eigenvalue weighted by Crippen LogP contribution is -2.15. The van der Waals surface area contributed by atoms with E-state index in [1.807, 2.05) is 30.5 Å². The number of aromatic amines is 1. The molecule has 0 radical (unpaired) electrons. The van der Waals surface area contributed by atoms with Crippen LogP contribution in [0.4, 0.5) is 0 Å². The quantitative estimate of drug-likeness (QED) is 0.698. The molecule has 1 heterocycles. The van der Waals surface area contributed by atoms with Crippen molar-refractivity contribution in [2.24, 2.45) is 5.73 Å². The molecule has 0 bridgehead atoms. The second-order valence-corrected chi connectivity index (χ2v) is 3.36. The van der Waals surface area contributed by atoms with Gasteiger partial charge in [0.05, 0.1) is 18.8 Å². The fraction of sp³-hybridized carbons (Fsp3) is 0.182. The van der Waals surface area contributed by atoms with Gasteiger partial charge in [0.15, 0.2) is 0 Å². The van der Waals surface area contributed by atoms with E-state index in [-0.39, 0.29) is 12.6 Å².